The number of hydrogen-bond donors (Lipinski definition) is 1. The van der Waals surface area contributed by atoms with Crippen LogP contribution >= 0.6 is 0 Å². The van der Waals surface area contributed by atoms with E-state index >= 15 is 0 Å². The summed E-state index contributed by atoms with van der Waals surface area (Å²) in [4.78, 5) is 26.7. The Labute approximate surface area is 210 Å². The number of amides is 1. The first-order chi connectivity index (χ1) is 16.8. The highest BCUT2D eigenvalue weighted by molar-refractivity contribution is 5.79. The number of methoxy groups -OCH3 is 1. The second kappa shape index (κ2) is 14.4. The number of hydrogen-bond acceptors (Lipinski definition) is 4. The number of carbonyl (C=O) groups excluding carboxylic acids is 1. The Kier molecular flexibility index (Phi) is 11.6. The summed E-state index contributed by atoms with van der Waals surface area (Å²) in [6.45, 7) is 6.92. The molecule has 0 fully saturated rings. The van der Waals surface area contributed by atoms with Crippen molar-refractivity contribution in [1.29, 1.82) is 0 Å². The van der Waals surface area contributed by atoms with Crippen LogP contribution in [-0.4, -0.2) is 47.7 Å². The number of carbonyl (C=O) groups is 2. The predicted octanol–water partition coefficient (Wildman–Crippen LogP) is 5.91. The Balaban J connectivity index is 2.05. The molecule has 6 nitrogen and oxygen atoms in total. The molecule has 2 aromatic carbocycles. The van der Waals surface area contributed by atoms with Crippen LogP contribution in [0.15, 0.2) is 48.5 Å². The van der Waals surface area contributed by atoms with Gasteiger partial charge in [-0.05, 0) is 61.6 Å². The molecule has 2 aromatic rings. The quantitative estimate of drug-likeness (QED) is 0.300. The van der Waals surface area contributed by atoms with Crippen LogP contribution in [0.4, 0.5) is 0 Å². The molecule has 1 N–H and O–H groups in total. The third kappa shape index (κ3) is 9.27. The van der Waals surface area contributed by atoms with Crippen molar-refractivity contribution >= 4 is 11.9 Å². The molecular weight excluding hydrogens is 442 g/mol. The molecule has 0 bridgehead atoms. The Bertz CT molecular complexity index is 927. The van der Waals surface area contributed by atoms with Crippen molar-refractivity contribution < 1.29 is 24.2 Å². The molecule has 1 unspecified atom stereocenters. The SMILES string of the molecule is CCCCCCCN(CCc1cccc(OC(C)(CC)C(=O)O)c1)C(=O)Cc1ccc(OC)cc1. The number of nitrogens with zero attached hydrogens (tertiary/aromatic N) is 1. The highest BCUT2D eigenvalue weighted by atomic mass is 16.5. The van der Waals surface area contributed by atoms with Crippen LogP contribution in [0, 0.1) is 0 Å². The van der Waals surface area contributed by atoms with Crippen LogP contribution in [0.2, 0.25) is 0 Å². The number of benzene rings is 2. The molecule has 2 rings (SSSR count). The maximum atomic E-state index is 13.2. The van der Waals surface area contributed by atoms with E-state index in [-0.39, 0.29) is 5.91 Å². The number of carboxylic acid groups (broad SMARTS) is 1. The topological polar surface area (TPSA) is 76.1 Å². The first kappa shape index (κ1) is 28.2. The molecule has 192 valence electrons. The normalized spacial score (nSPS) is 12.6. The summed E-state index contributed by atoms with van der Waals surface area (Å²) >= 11 is 0. The minimum absolute atomic E-state index is 0.113. The first-order valence-corrected chi connectivity index (χ1v) is 12.7. The molecule has 0 saturated heterocycles. The molecule has 0 aromatic heterocycles. The van der Waals surface area contributed by atoms with Crippen LogP contribution in [0.5, 0.6) is 11.5 Å². The fraction of sp³-hybridized carbons (Fsp3) is 0.517. The van der Waals surface area contributed by atoms with Gasteiger partial charge in [-0.15, -0.1) is 0 Å². The van der Waals surface area contributed by atoms with Gasteiger partial charge >= 0.3 is 5.97 Å². The number of ether oxygens (including phenoxy) is 2. The summed E-state index contributed by atoms with van der Waals surface area (Å²) in [6, 6.07) is 15.1. The summed E-state index contributed by atoms with van der Waals surface area (Å²) in [7, 11) is 1.63. The van der Waals surface area contributed by atoms with Crippen LogP contribution < -0.4 is 9.47 Å². The Morgan fingerprint density at radius 3 is 2.26 bits per heavy atom. The molecule has 6 heteroatoms. The Morgan fingerprint density at radius 1 is 0.914 bits per heavy atom. The zero-order chi connectivity index (χ0) is 25.7. The average Bonchev–Trinajstić information content (AvgIpc) is 2.86. The van der Waals surface area contributed by atoms with Crippen molar-refractivity contribution in [3.05, 3.63) is 59.7 Å². The van der Waals surface area contributed by atoms with E-state index in [1.807, 2.05) is 47.4 Å². The number of unbranched alkanes of at least 4 members (excludes halogenated alkanes) is 4. The van der Waals surface area contributed by atoms with Crippen molar-refractivity contribution in [2.45, 2.75) is 77.7 Å². The summed E-state index contributed by atoms with van der Waals surface area (Å²) in [6.07, 6.45) is 7.11. The summed E-state index contributed by atoms with van der Waals surface area (Å²) < 4.78 is 11.0. The van der Waals surface area contributed by atoms with Gasteiger partial charge < -0.3 is 19.5 Å². The van der Waals surface area contributed by atoms with E-state index < -0.39 is 11.6 Å². The van der Waals surface area contributed by atoms with E-state index in [2.05, 4.69) is 6.92 Å². The largest absolute Gasteiger partial charge is 0.497 e. The second-order valence-electron chi connectivity index (χ2n) is 9.21. The fourth-order valence-electron chi connectivity index (χ4n) is 3.85. The van der Waals surface area contributed by atoms with Crippen LogP contribution in [0.1, 0.15) is 70.4 Å². The van der Waals surface area contributed by atoms with E-state index in [9.17, 15) is 14.7 Å². The molecule has 0 spiro atoms. The van der Waals surface area contributed by atoms with E-state index in [0.717, 1.165) is 36.3 Å². The molecule has 35 heavy (non-hydrogen) atoms. The molecule has 0 heterocycles. The highest BCUT2D eigenvalue weighted by Gasteiger charge is 2.33. The molecular formula is C29H41NO5. The van der Waals surface area contributed by atoms with Gasteiger partial charge in [0.15, 0.2) is 0 Å². The lowest BCUT2D eigenvalue weighted by atomic mass is 10.0. The van der Waals surface area contributed by atoms with Crippen molar-refractivity contribution in [3.8, 4) is 11.5 Å². The minimum atomic E-state index is -1.27. The first-order valence-electron chi connectivity index (χ1n) is 12.7. The molecule has 0 aliphatic heterocycles. The number of rotatable bonds is 16. The van der Waals surface area contributed by atoms with Crippen LogP contribution in [0.3, 0.4) is 0 Å². The van der Waals surface area contributed by atoms with Gasteiger partial charge in [-0.2, -0.15) is 0 Å². The maximum absolute atomic E-state index is 13.2. The molecule has 0 aliphatic rings. The number of carboxylic acids is 1. The van der Waals surface area contributed by atoms with E-state index in [1.165, 1.54) is 19.3 Å². The second-order valence-corrected chi connectivity index (χ2v) is 9.21. The Hall–Kier alpha value is -3.02. The minimum Gasteiger partial charge on any atom is -0.497 e. The summed E-state index contributed by atoms with van der Waals surface area (Å²) in [5, 5.41) is 9.51. The van der Waals surface area contributed by atoms with Gasteiger partial charge in [-0.1, -0.05) is 63.8 Å². The zero-order valence-corrected chi connectivity index (χ0v) is 21.7. The lowest BCUT2D eigenvalue weighted by Gasteiger charge is -2.25. The summed E-state index contributed by atoms with van der Waals surface area (Å²) in [5.74, 6) is 0.439. The van der Waals surface area contributed by atoms with Crippen LogP contribution in [0.25, 0.3) is 0 Å². The molecule has 1 amide bonds. The van der Waals surface area contributed by atoms with Gasteiger partial charge in [-0.3, -0.25) is 4.79 Å². The van der Waals surface area contributed by atoms with E-state index in [4.69, 9.17) is 9.47 Å². The van der Waals surface area contributed by atoms with E-state index in [1.54, 1.807) is 27.0 Å². The lowest BCUT2D eigenvalue weighted by molar-refractivity contribution is -0.154. The zero-order valence-electron chi connectivity index (χ0n) is 21.7. The molecule has 0 radical (unpaired) electrons. The Morgan fingerprint density at radius 2 is 1.63 bits per heavy atom. The third-order valence-corrected chi connectivity index (χ3v) is 6.44. The van der Waals surface area contributed by atoms with Gasteiger partial charge in [0.05, 0.1) is 13.5 Å². The van der Waals surface area contributed by atoms with Crippen molar-refractivity contribution in [2.75, 3.05) is 20.2 Å². The smallest absolute Gasteiger partial charge is 0.347 e. The van der Waals surface area contributed by atoms with E-state index in [0.29, 0.717) is 31.6 Å². The van der Waals surface area contributed by atoms with Gasteiger partial charge in [-0.25, -0.2) is 4.79 Å². The van der Waals surface area contributed by atoms with Gasteiger partial charge in [0.25, 0.3) is 0 Å². The molecule has 0 saturated carbocycles. The summed E-state index contributed by atoms with van der Waals surface area (Å²) in [5.41, 5.74) is 0.714. The van der Waals surface area contributed by atoms with Gasteiger partial charge in [0, 0.05) is 13.1 Å². The van der Waals surface area contributed by atoms with Crippen molar-refractivity contribution in [3.63, 3.8) is 0 Å². The standard InChI is InChI=1S/C29H41NO5/c1-5-7-8-9-10-19-30(27(31)22-24-14-16-25(34-4)17-15-24)20-18-23-12-11-13-26(21-23)35-29(3,6-2)28(32)33/h11-17,21H,5-10,18-20,22H2,1-4H3,(H,32,33). The van der Waals surface area contributed by atoms with Gasteiger partial charge in [0.1, 0.15) is 11.5 Å². The number of aliphatic carboxylic acids is 1. The van der Waals surface area contributed by atoms with Crippen LogP contribution in [-0.2, 0) is 22.4 Å². The maximum Gasteiger partial charge on any atom is 0.347 e. The molecule has 1 atom stereocenters. The van der Waals surface area contributed by atoms with Crippen molar-refractivity contribution in [1.82, 2.24) is 4.90 Å². The monoisotopic (exact) mass is 483 g/mol. The van der Waals surface area contributed by atoms with Crippen molar-refractivity contribution in [2.24, 2.45) is 0 Å². The molecule has 0 aliphatic carbocycles. The predicted molar refractivity (Wildman–Crippen MR) is 139 cm³/mol. The van der Waals surface area contributed by atoms with Gasteiger partial charge in [0.2, 0.25) is 11.5 Å². The lowest BCUT2D eigenvalue weighted by Crippen LogP contribution is -2.40. The highest BCUT2D eigenvalue weighted by Crippen LogP contribution is 2.23. The third-order valence-electron chi connectivity index (χ3n) is 6.44. The average molecular weight is 484 g/mol. The fourth-order valence-corrected chi connectivity index (χ4v) is 3.85.